The van der Waals surface area contributed by atoms with E-state index in [0.717, 1.165) is 25.7 Å². The van der Waals surface area contributed by atoms with Crippen molar-refractivity contribution >= 4 is 11.9 Å². The standard InChI is InChI=1S/C14H20N4O3/c1-21-14(20)12(10-5-3-2-4-6-10)17-18-13(19)11-9-15-7-8-16-11/h7-10,12,17H,2-6H2,1H3,(H,18,19). The van der Waals surface area contributed by atoms with E-state index in [1.54, 1.807) is 0 Å². The Morgan fingerprint density at radius 2 is 2.05 bits per heavy atom. The van der Waals surface area contributed by atoms with Crippen LogP contribution in [-0.2, 0) is 9.53 Å². The largest absolute Gasteiger partial charge is 0.468 e. The van der Waals surface area contributed by atoms with Crippen molar-refractivity contribution in [2.45, 2.75) is 38.1 Å². The van der Waals surface area contributed by atoms with E-state index >= 15 is 0 Å². The summed E-state index contributed by atoms with van der Waals surface area (Å²) < 4.78 is 4.82. The minimum Gasteiger partial charge on any atom is -0.468 e. The molecule has 1 amide bonds. The first-order chi connectivity index (χ1) is 10.2. The fourth-order valence-electron chi connectivity index (χ4n) is 2.59. The lowest BCUT2D eigenvalue weighted by Gasteiger charge is -2.29. The van der Waals surface area contributed by atoms with Crippen LogP contribution in [0, 0.1) is 5.92 Å². The van der Waals surface area contributed by atoms with Gasteiger partial charge >= 0.3 is 5.97 Å². The topological polar surface area (TPSA) is 93.2 Å². The summed E-state index contributed by atoms with van der Waals surface area (Å²) in [5, 5.41) is 0. The Bertz CT molecular complexity index is 474. The molecule has 0 spiro atoms. The van der Waals surface area contributed by atoms with Crippen LogP contribution in [0.2, 0.25) is 0 Å². The number of hydrogen-bond donors (Lipinski definition) is 2. The average Bonchev–Trinajstić information content (AvgIpc) is 2.56. The summed E-state index contributed by atoms with van der Waals surface area (Å²) in [4.78, 5) is 31.5. The minimum atomic E-state index is -0.532. The Labute approximate surface area is 123 Å². The minimum absolute atomic E-state index is 0.174. The van der Waals surface area contributed by atoms with Crippen molar-refractivity contribution < 1.29 is 14.3 Å². The van der Waals surface area contributed by atoms with Crippen LogP contribution in [-0.4, -0.2) is 35.0 Å². The number of nitrogens with one attached hydrogen (secondary N) is 2. The highest BCUT2D eigenvalue weighted by Gasteiger charge is 2.30. The number of carbonyl (C=O) groups is 2. The van der Waals surface area contributed by atoms with Crippen molar-refractivity contribution in [3.8, 4) is 0 Å². The first-order valence-corrected chi connectivity index (χ1v) is 7.12. The van der Waals surface area contributed by atoms with E-state index in [4.69, 9.17) is 4.74 Å². The van der Waals surface area contributed by atoms with Gasteiger partial charge in [-0.05, 0) is 18.8 Å². The van der Waals surface area contributed by atoms with E-state index in [9.17, 15) is 9.59 Å². The molecule has 2 rings (SSSR count). The molecule has 1 heterocycles. The molecule has 1 fully saturated rings. The van der Waals surface area contributed by atoms with E-state index in [2.05, 4.69) is 20.8 Å². The van der Waals surface area contributed by atoms with Crippen LogP contribution in [0.3, 0.4) is 0 Å². The summed E-state index contributed by atoms with van der Waals surface area (Å²) in [5.74, 6) is -0.609. The zero-order valence-electron chi connectivity index (χ0n) is 12.0. The number of rotatable bonds is 5. The quantitative estimate of drug-likeness (QED) is 0.617. The van der Waals surface area contributed by atoms with Gasteiger partial charge in [0.2, 0.25) is 0 Å². The summed E-state index contributed by atoms with van der Waals surface area (Å²) in [6.45, 7) is 0. The van der Waals surface area contributed by atoms with Crippen LogP contribution in [0.15, 0.2) is 18.6 Å². The molecule has 1 aromatic heterocycles. The van der Waals surface area contributed by atoms with E-state index in [1.165, 1.54) is 32.1 Å². The Kier molecular flexibility index (Phi) is 5.62. The van der Waals surface area contributed by atoms with Gasteiger partial charge in [-0.1, -0.05) is 19.3 Å². The van der Waals surface area contributed by atoms with Gasteiger partial charge in [-0.3, -0.25) is 20.0 Å². The Morgan fingerprint density at radius 3 is 2.67 bits per heavy atom. The predicted molar refractivity (Wildman–Crippen MR) is 75.0 cm³/mol. The molecule has 0 aromatic carbocycles. The number of carbonyl (C=O) groups excluding carboxylic acids is 2. The molecule has 1 saturated carbocycles. The first-order valence-electron chi connectivity index (χ1n) is 7.12. The highest BCUT2D eigenvalue weighted by molar-refractivity contribution is 5.91. The van der Waals surface area contributed by atoms with Crippen LogP contribution < -0.4 is 10.9 Å². The molecule has 1 aliphatic rings. The van der Waals surface area contributed by atoms with E-state index < -0.39 is 11.9 Å². The molecule has 1 unspecified atom stereocenters. The molecule has 2 N–H and O–H groups in total. The van der Waals surface area contributed by atoms with Gasteiger partial charge in [0.05, 0.1) is 13.3 Å². The third-order valence-electron chi connectivity index (χ3n) is 3.71. The lowest BCUT2D eigenvalue weighted by Crippen LogP contribution is -2.52. The summed E-state index contributed by atoms with van der Waals surface area (Å²) in [7, 11) is 1.35. The third-order valence-corrected chi connectivity index (χ3v) is 3.71. The number of hydrogen-bond acceptors (Lipinski definition) is 6. The van der Waals surface area contributed by atoms with E-state index in [-0.39, 0.29) is 17.6 Å². The molecule has 1 aliphatic carbocycles. The van der Waals surface area contributed by atoms with Crippen molar-refractivity contribution in [3.63, 3.8) is 0 Å². The van der Waals surface area contributed by atoms with Crippen LogP contribution >= 0.6 is 0 Å². The zero-order valence-corrected chi connectivity index (χ0v) is 12.0. The molecule has 7 nitrogen and oxygen atoms in total. The maximum absolute atomic E-state index is 11.9. The lowest BCUT2D eigenvalue weighted by atomic mass is 9.84. The number of aromatic nitrogens is 2. The van der Waals surface area contributed by atoms with Crippen molar-refractivity contribution in [2.75, 3.05) is 7.11 Å². The summed E-state index contributed by atoms with van der Waals surface area (Å²) >= 11 is 0. The second kappa shape index (κ2) is 7.68. The first kappa shape index (κ1) is 15.4. The molecule has 114 valence electrons. The number of hydrazine groups is 1. The van der Waals surface area contributed by atoms with Gasteiger partial charge in [-0.15, -0.1) is 0 Å². The number of esters is 1. The fourth-order valence-corrected chi connectivity index (χ4v) is 2.59. The molecular weight excluding hydrogens is 272 g/mol. The van der Waals surface area contributed by atoms with Crippen LogP contribution in [0.1, 0.15) is 42.6 Å². The van der Waals surface area contributed by atoms with Gasteiger partial charge in [0.25, 0.3) is 5.91 Å². The zero-order chi connectivity index (χ0) is 15.1. The van der Waals surface area contributed by atoms with Crippen LogP contribution in [0.25, 0.3) is 0 Å². The van der Waals surface area contributed by atoms with Gasteiger partial charge < -0.3 is 4.74 Å². The molecular formula is C14H20N4O3. The number of nitrogens with zero attached hydrogens (tertiary/aromatic N) is 2. The Balaban J connectivity index is 1.95. The maximum atomic E-state index is 11.9. The summed E-state index contributed by atoms with van der Waals surface area (Å²) in [6.07, 6.45) is 9.58. The predicted octanol–water partition coefficient (Wildman–Crippen LogP) is 0.833. The second-order valence-corrected chi connectivity index (χ2v) is 5.09. The molecule has 1 aromatic rings. The molecule has 1 atom stereocenters. The molecule has 0 saturated heterocycles. The van der Waals surface area contributed by atoms with E-state index in [1.807, 2.05) is 0 Å². The number of ether oxygens (including phenoxy) is 1. The van der Waals surface area contributed by atoms with Crippen LogP contribution in [0.5, 0.6) is 0 Å². The monoisotopic (exact) mass is 292 g/mol. The highest BCUT2D eigenvalue weighted by atomic mass is 16.5. The number of methoxy groups -OCH3 is 1. The second-order valence-electron chi connectivity index (χ2n) is 5.09. The van der Waals surface area contributed by atoms with Gasteiger partial charge in [0.15, 0.2) is 0 Å². The smallest absolute Gasteiger partial charge is 0.324 e. The Morgan fingerprint density at radius 1 is 1.29 bits per heavy atom. The van der Waals surface area contributed by atoms with Crippen molar-refractivity contribution in [2.24, 2.45) is 5.92 Å². The Hall–Kier alpha value is -2.02. The molecule has 0 bridgehead atoms. The van der Waals surface area contributed by atoms with Crippen molar-refractivity contribution in [3.05, 3.63) is 24.3 Å². The molecule has 7 heteroatoms. The summed E-state index contributed by atoms with van der Waals surface area (Å²) in [5.41, 5.74) is 5.51. The normalized spacial score (nSPS) is 17.0. The van der Waals surface area contributed by atoms with Crippen LogP contribution in [0.4, 0.5) is 0 Å². The van der Waals surface area contributed by atoms with Gasteiger partial charge in [0.1, 0.15) is 11.7 Å². The van der Waals surface area contributed by atoms with Crippen molar-refractivity contribution in [1.29, 1.82) is 0 Å². The van der Waals surface area contributed by atoms with Gasteiger partial charge in [-0.25, -0.2) is 10.4 Å². The molecule has 21 heavy (non-hydrogen) atoms. The molecule has 0 radical (unpaired) electrons. The van der Waals surface area contributed by atoms with Gasteiger partial charge in [0, 0.05) is 12.4 Å². The maximum Gasteiger partial charge on any atom is 0.324 e. The average molecular weight is 292 g/mol. The summed E-state index contributed by atoms with van der Waals surface area (Å²) in [6, 6.07) is -0.532. The lowest BCUT2D eigenvalue weighted by molar-refractivity contribution is -0.145. The van der Waals surface area contributed by atoms with Crippen molar-refractivity contribution in [1.82, 2.24) is 20.8 Å². The SMILES string of the molecule is COC(=O)C(NNC(=O)c1cnccn1)C1CCCCC1. The third kappa shape index (κ3) is 4.22. The van der Waals surface area contributed by atoms with E-state index in [0.29, 0.717) is 0 Å². The highest BCUT2D eigenvalue weighted by Crippen LogP contribution is 2.26. The van der Waals surface area contributed by atoms with Gasteiger partial charge in [-0.2, -0.15) is 0 Å². The molecule has 0 aliphatic heterocycles. The fraction of sp³-hybridized carbons (Fsp3) is 0.571. The number of amides is 1.